The topological polar surface area (TPSA) is 125 Å². The molecule has 0 spiro atoms. The molecule has 5 N–H and O–H groups in total. The third-order valence-electron chi connectivity index (χ3n) is 1.84. The number of ether oxygens (including phenoxy) is 2. The number of hydrogen-bond acceptors (Lipinski definition) is 7. The van der Waals surface area contributed by atoms with Gasteiger partial charge in [0.1, 0.15) is 0 Å². The molecule has 0 atom stereocenters. The molecular weight excluding hydrogens is 238 g/mol. The normalized spacial score (nSPS) is 10.2. The Morgan fingerprint density at radius 3 is 2.50 bits per heavy atom. The van der Waals surface area contributed by atoms with Crippen LogP contribution in [0.2, 0.25) is 0 Å². The SMILES string of the molecule is CNC(=O)Oc1nc(N)nc(OCC(C)C)c1N. The average Bonchev–Trinajstić information content (AvgIpc) is 2.31. The molecule has 8 heteroatoms. The first-order valence-corrected chi connectivity index (χ1v) is 5.39. The van der Waals surface area contributed by atoms with Crippen molar-refractivity contribution < 1.29 is 14.3 Å². The van der Waals surface area contributed by atoms with Crippen molar-refractivity contribution in [2.24, 2.45) is 5.92 Å². The molecule has 1 amide bonds. The number of rotatable bonds is 4. The zero-order chi connectivity index (χ0) is 13.7. The summed E-state index contributed by atoms with van der Waals surface area (Å²) in [4.78, 5) is 18.7. The van der Waals surface area contributed by atoms with Crippen LogP contribution in [0.1, 0.15) is 13.8 Å². The molecule has 0 radical (unpaired) electrons. The van der Waals surface area contributed by atoms with Crippen molar-refractivity contribution in [3.8, 4) is 11.8 Å². The number of amides is 1. The number of carbonyl (C=O) groups is 1. The molecule has 0 unspecified atom stereocenters. The molecule has 0 aliphatic heterocycles. The summed E-state index contributed by atoms with van der Waals surface area (Å²) in [6.45, 7) is 4.37. The standard InChI is InChI=1S/C10H17N5O3/c1-5(2)4-17-7-6(11)8(15-9(12)14-7)18-10(16)13-3/h5H,4,11H2,1-3H3,(H,13,16)(H2,12,14,15). The number of hydrogen-bond donors (Lipinski definition) is 3. The molecule has 0 saturated heterocycles. The van der Waals surface area contributed by atoms with E-state index < -0.39 is 6.09 Å². The van der Waals surface area contributed by atoms with E-state index in [-0.39, 0.29) is 23.4 Å². The lowest BCUT2D eigenvalue weighted by molar-refractivity contribution is 0.201. The molecule has 0 aliphatic rings. The lowest BCUT2D eigenvalue weighted by Crippen LogP contribution is -2.23. The van der Waals surface area contributed by atoms with E-state index in [1.807, 2.05) is 13.8 Å². The maximum Gasteiger partial charge on any atom is 0.413 e. The summed E-state index contributed by atoms with van der Waals surface area (Å²) in [5.41, 5.74) is 11.2. The molecule has 1 aromatic heterocycles. The molecule has 8 nitrogen and oxygen atoms in total. The van der Waals surface area contributed by atoms with E-state index in [0.717, 1.165) is 0 Å². The van der Waals surface area contributed by atoms with Crippen LogP contribution in [-0.2, 0) is 0 Å². The van der Waals surface area contributed by atoms with Crippen LogP contribution in [0.3, 0.4) is 0 Å². The second kappa shape index (κ2) is 5.89. The minimum Gasteiger partial charge on any atom is -0.476 e. The van der Waals surface area contributed by atoms with Gasteiger partial charge in [-0.05, 0) is 5.92 Å². The van der Waals surface area contributed by atoms with Crippen molar-refractivity contribution in [1.29, 1.82) is 0 Å². The zero-order valence-electron chi connectivity index (χ0n) is 10.6. The summed E-state index contributed by atoms with van der Waals surface area (Å²) in [6, 6.07) is 0. The third kappa shape index (κ3) is 3.65. The molecule has 0 fully saturated rings. The van der Waals surface area contributed by atoms with Crippen LogP contribution in [0, 0.1) is 5.92 Å². The van der Waals surface area contributed by atoms with Gasteiger partial charge in [0, 0.05) is 7.05 Å². The molecule has 100 valence electrons. The van der Waals surface area contributed by atoms with Crippen LogP contribution in [0.5, 0.6) is 11.8 Å². The Hall–Kier alpha value is -2.25. The quantitative estimate of drug-likeness (QED) is 0.710. The molecule has 18 heavy (non-hydrogen) atoms. The molecule has 0 saturated carbocycles. The highest BCUT2D eigenvalue weighted by molar-refractivity contribution is 5.72. The van der Waals surface area contributed by atoms with Gasteiger partial charge in [0.05, 0.1) is 6.61 Å². The van der Waals surface area contributed by atoms with Crippen molar-refractivity contribution in [3.05, 3.63) is 0 Å². The maximum absolute atomic E-state index is 11.1. The maximum atomic E-state index is 11.1. The fourth-order valence-corrected chi connectivity index (χ4v) is 1.02. The number of nitrogen functional groups attached to an aromatic ring is 2. The minimum atomic E-state index is -0.699. The summed E-state index contributed by atoms with van der Waals surface area (Å²) < 4.78 is 10.2. The Balaban J connectivity index is 2.94. The highest BCUT2D eigenvalue weighted by atomic mass is 16.6. The molecule has 1 heterocycles. The molecule has 1 rings (SSSR count). The first-order chi connectivity index (χ1) is 8.43. The van der Waals surface area contributed by atoms with Crippen molar-refractivity contribution in [3.63, 3.8) is 0 Å². The molecular formula is C10H17N5O3. The average molecular weight is 255 g/mol. The van der Waals surface area contributed by atoms with Gasteiger partial charge in [0.25, 0.3) is 5.88 Å². The van der Waals surface area contributed by atoms with Gasteiger partial charge in [-0.15, -0.1) is 0 Å². The Kier molecular flexibility index (Phi) is 4.52. The van der Waals surface area contributed by atoms with Crippen LogP contribution in [0.4, 0.5) is 16.4 Å². The summed E-state index contributed by atoms with van der Waals surface area (Å²) in [6.07, 6.45) is -0.699. The van der Waals surface area contributed by atoms with E-state index in [0.29, 0.717) is 12.5 Å². The van der Waals surface area contributed by atoms with Gasteiger partial charge in [-0.3, -0.25) is 0 Å². The highest BCUT2D eigenvalue weighted by Gasteiger charge is 2.16. The summed E-state index contributed by atoms with van der Waals surface area (Å²) in [5.74, 6) is 0.196. The summed E-state index contributed by atoms with van der Waals surface area (Å²) in [5, 5.41) is 2.27. The Bertz CT molecular complexity index is 436. The minimum absolute atomic E-state index is 0.0356. The second-order valence-electron chi connectivity index (χ2n) is 3.95. The Labute approximate surface area is 105 Å². The van der Waals surface area contributed by atoms with Crippen LogP contribution < -0.4 is 26.3 Å². The van der Waals surface area contributed by atoms with Crippen LogP contribution in [0.15, 0.2) is 0 Å². The highest BCUT2D eigenvalue weighted by Crippen LogP contribution is 2.29. The van der Waals surface area contributed by atoms with Gasteiger partial charge < -0.3 is 26.3 Å². The fourth-order valence-electron chi connectivity index (χ4n) is 1.02. The molecule has 0 aromatic carbocycles. The van der Waals surface area contributed by atoms with Gasteiger partial charge in [-0.2, -0.15) is 9.97 Å². The van der Waals surface area contributed by atoms with E-state index in [2.05, 4.69) is 15.3 Å². The van der Waals surface area contributed by atoms with E-state index in [1.165, 1.54) is 7.05 Å². The van der Waals surface area contributed by atoms with Gasteiger partial charge in [-0.1, -0.05) is 13.8 Å². The smallest absolute Gasteiger partial charge is 0.413 e. The molecule has 1 aromatic rings. The van der Waals surface area contributed by atoms with Crippen LogP contribution in [-0.4, -0.2) is 29.7 Å². The number of nitrogens with zero attached hydrogens (tertiary/aromatic N) is 2. The molecule has 0 bridgehead atoms. The predicted molar refractivity (Wildman–Crippen MR) is 66.3 cm³/mol. The second-order valence-corrected chi connectivity index (χ2v) is 3.95. The van der Waals surface area contributed by atoms with Gasteiger partial charge in [0.2, 0.25) is 11.8 Å². The largest absolute Gasteiger partial charge is 0.476 e. The van der Waals surface area contributed by atoms with Crippen molar-refractivity contribution in [2.75, 3.05) is 25.1 Å². The number of aromatic nitrogens is 2. The van der Waals surface area contributed by atoms with Crippen molar-refractivity contribution >= 4 is 17.7 Å². The summed E-state index contributed by atoms with van der Waals surface area (Å²) in [7, 11) is 1.42. The van der Waals surface area contributed by atoms with Crippen molar-refractivity contribution in [2.45, 2.75) is 13.8 Å². The number of anilines is 2. The first kappa shape index (κ1) is 13.8. The first-order valence-electron chi connectivity index (χ1n) is 5.39. The van der Waals surface area contributed by atoms with Crippen LogP contribution in [0.25, 0.3) is 0 Å². The van der Waals surface area contributed by atoms with E-state index in [9.17, 15) is 4.79 Å². The van der Waals surface area contributed by atoms with E-state index in [1.54, 1.807) is 0 Å². The van der Waals surface area contributed by atoms with E-state index >= 15 is 0 Å². The Morgan fingerprint density at radius 2 is 1.94 bits per heavy atom. The fraction of sp³-hybridized carbons (Fsp3) is 0.500. The molecule has 0 aliphatic carbocycles. The predicted octanol–water partition coefficient (Wildman–Crippen LogP) is 0.394. The lowest BCUT2D eigenvalue weighted by Gasteiger charge is -2.12. The lowest BCUT2D eigenvalue weighted by atomic mass is 10.2. The Morgan fingerprint density at radius 1 is 1.33 bits per heavy atom. The van der Waals surface area contributed by atoms with Crippen molar-refractivity contribution in [1.82, 2.24) is 15.3 Å². The number of carbonyl (C=O) groups excluding carboxylic acids is 1. The van der Waals surface area contributed by atoms with Gasteiger partial charge >= 0.3 is 6.09 Å². The summed E-state index contributed by atoms with van der Waals surface area (Å²) >= 11 is 0. The van der Waals surface area contributed by atoms with Gasteiger partial charge in [0.15, 0.2) is 5.69 Å². The number of nitrogens with two attached hydrogens (primary N) is 2. The third-order valence-corrected chi connectivity index (χ3v) is 1.84. The van der Waals surface area contributed by atoms with Crippen LogP contribution >= 0.6 is 0 Å². The monoisotopic (exact) mass is 255 g/mol. The van der Waals surface area contributed by atoms with Gasteiger partial charge in [-0.25, -0.2) is 4.79 Å². The van der Waals surface area contributed by atoms with E-state index in [4.69, 9.17) is 20.9 Å². The number of nitrogens with one attached hydrogen (secondary N) is 1. The zero-order valence-corrected chi connectivity index (χ0v) is 10.6.